The van der Waals surface area contributed by atoms with Crippen LogP contribution in [0.15, 0.2) is 35.2 Å². The lowest BCUT2D eigenvalue weighted by atomic mass is 9.98. The summed E-state index contributed by atoms with van der Waals surface area (Å²) in [5, 5.41) is 0. The van der Waals surface area contributed by atoms with Gasteiger partial charge in [-0.05, 0) is 51.0 Å². The second-order valence-electron chi connectivity index (χ2n) is 7.29. The highest BCUT2D eigenvalue weighted by molar-refractivity contribution is 7.89. The van der Waals surface area contributed by atoms with E-state index in [1.807, 2.05) is 0 Å². The van der Waals surface area contributed by atoms with E-state index < -0.39 is 32.6 Å². The van der Waals surface area contributed by atoms with E-state index in [0.29, 0.717) is 6.07 Å². The van der Waals surface area contributed by atoms with Gasteiger partial charge < -0.3 is 0 Å². The molecule has 0 unspecified atom stereocenters. The topological polar surface area (TPSA) is 104 Å². The minimum atomic E-state index is -4.64. The molecule has 2 aromatic rings. The van der Waals surface area contributed by atoms with Gasteiger partial charge in [0, 0.05) is 30.4 Å². The molecule has 0 atom stereocenters. The molecule has 31 heavy (non-hydrogen) atoms. The Balaban J connectivity index is 1.60. The maximum absolute atomic E-state index is 12.9. The molecule has 1 saturated heterocycles. The van der Waals surface area contributed by atoms with Crippen LogP contribution in [-0.4, -0.2) is 41.7 Å². The van der Waals surface area contributed by atoms with Crippen molar-refractivity contribution in [2.24, 2.45) is 5.92 Å². The zero-order valence-electron chi connectivity index (χ0n) is 16.9. The molecule has 0 bridgehead atoms. The Morgan fingerprint density at radius 1 is 1.10 bits per heavy atom. The van der Waals surface area contributed by atoms with Gasteiger partial charge in [0.05, 0.1) is 10.5 Å². The normalized spacial score (nSPS) is 16.2. The van der Waals surface area contributed by atoms with E-state index in [4.69, 9.17) is 0 Å². The summed E-state index contributed by atoms with van der Waals surface area (Å²) in [7, 11) is -4.09. The van der Waals surface area contributed by atoms with E-state index in [9.17, 15) is 26.4 Å². The summed E-state index contributed by atoms with van der Waals surface area (Å²) in [6.07, 6.45) is -4.16. The Morgan fingerprint density at radius 3 is 2.29 bits per heavy atom. The summed E-state index contributed by atoms with van der Waals surface area (Å²) in [5.41, 5.74) is 5.62. The van der Waals surface area contributed by atoms with Crippen LogP contribution in [0.1, 0.15) is 29.8 Å². The van der Waals surface area contributed by atoms with Crippen molar-refractivity contribution in [3.8, 4) is 0 Å². The fraction of sp³-hybridized carbons (Fsp3) is 0.421. The van der Waals surface area contributed by atoms with Gasteiger partial charge in [-0.15, -0.1) is 0 Å². The van der Waals surface area contributed by atoms with Gasteiger partial charge in [0.1, 0.15) is 0 Å². The van der Waals surface area contributed by atoms with Crippen LogP contribution < -0.4 is 10.9 Å². The van der Waals surface area contributed by atoms with Crippen LogP contribution in [0, 0.1) is 19.8 Å². The van der Waals surface area contributed by atoms with Gasteiger partial charge in [0.2, 0.25) is 21.9 Å². The number of amides is 1. The monoisotopic (exact) mass is 457 g/mol. The van der Waals surface area contributed by atoms with Crippen LogP contribution in [0.25, 0.3) is 0 Å². The average Bonchev–Trinajstić information content (AvgIpc) is 2.71. The van der Waals surface area contributed by atoms with E-state index >= 15 is 0 Å². The molecule has 1 aromatic carbocycles. The highest BCUT2D eigenvalue weighted by atomic mass is 32.2. The molecule has 1 aliphatic heterocycles. The molecular formula is C19H22F3N5O3S. The number of nitrogens with one attached hydrogen (secondary N) is 2. The summed E-state index contributed by atoms with van der Waals surface area (Å²) in [4.78, 5) is 20.3. The number of aryl methyl sites for hydroxylation is 2. The number of carbonyl (C=O) groups is 1. The number of rotatable bonds is 5. The molecule has 2 N–H and O–H groups in total. The van der Waals surface area contributed by atoms with E-state index in [0.717, 1.165) is 33.9 Å². The number of sulfonamides is 1. The largest absolute Gasteiger partial charge is 0.416 e. The van der Waals surface area contributed by atoms with E-state index in [2.05, 4.69) is 20.8 Å². The number of hydrazine groups is 1. The van der Waals surface area contributed by atoms with Crippen molar-refractivity contribution in [2.75, 3.05) is 18.5 Å². The second-order valence-corrected chi connectivity index (χ2v) is 9.23. The third-order valence-corrected chi connectivity index (χ3v) is 6.80. The van der Waals surface area contributed by atoms with Crippen molar-refractivity contribution in [3.05, 3.63) is 47.3 Å². The fourth-order valence-electron chi connectivity index (χ4n) is 3.34. The number of hydrogen-bond donors (Lipinski definition) is 2. The molecule has 0 spiro atoms. The van der Waals surface area contributed by atoms with Crippen LogP contribution in [0.2, 0.25) is 0 Å². The highest BCUT2D eigenvalue weighted by Gasteiger charge is 2.35. The third-order valence-electron chi connectivity index (χ3n) is 4.90. The Kier molecular flexibility index (Phi) is 6.51. The van der Waals surface area contributed by atoms with Crippen LogP contribution in [0.5, 0.6) is 0 Å². The number of carbonyl (C=O) groups excluding carboxylic acids is 1. The minimum Gasteiger partial charge on any atom is -0.273 e. The van der Waals surface area contributed by atoms with Gasteiger partial charge in [-0.3, -0.25) is 15.6 Å². The molecule has 1 aromatic heterocycles. The summed E-state index contributed by atoms with van der Waals surface area (Å²) < 4.78 is 65.3. The lowest BCUT2D eigenvalue weighted by Crippen LogP contribution is -2.44. The maximum atomic E-state index is 12.9. The van der Waals surface area contributed by atoms with Gasteiger partial charge >= 0.3 is 6.18 Å². The molecule has 8 nitrogen and oxygen atoms in total. The highest BCUT2D eigenvalue weighted by Crippen LogP contribution is 2.32. The first kappa shape index (κ1) is 22.9. The summed E-state index contributed by atoms with van der Waals surface area (Å²) in [6.45, 7) is 3.64. The molecule has 12 heteroatoms. The Morgan fingerprint density at radius 2 is 1.71 bits per heavy atom. The Bertz CT molecular complexity index is 1050. The summed E-state index contributed by atoms with van der Waals surface area (Å²) in [6, 6.07) is 5.44. The Hall–Kier alpha value is -2.73. The molecule has 168 valence electrons. The van der Waals surface area contributed by atoms with E-state index in [1.165, 1.54) is 0 Å². The van der Waals surface area contributed by atoms with Crippen molar-refractivity contribution in [3.63, 3.8) is 0 Å². The molecule has 1 amide bonds. The molecule has 0 radical (unpaired) electrons. The molecular weight excluding hydrogens is 435 g/mol. The molecule has 0 saturated carbocycles. The summed E-state index contributed by atoms with van der Waals surface area (Å²) >= 11 is 0. The predicted molar refractivity (Wildman–Crippen MR) is 106 cm³/mol. The minimum absolute atomic E-state index is 0.0245. The van der Waals surface area contributed by atoms with Gasteiger partial charge in [0.15, 0.2) is 0 Å². The Labute approximate surface area is 177 Å². The lowest BCUT2D eigenvalue weighted by Gasteiger charge is -2.30. The zero-order valence-corrected chi connectivity index (χ0v) is 17.7. The number of anilines is 1. The maximum Gasteiger partial charge on any atom is 0.416 e. The zero-order chi connectivity index (χ0) is 22.8. The van der Waals surface area contributed by atoms with E-state index in [1.54, 1.807) is 19.9 Å². The lowest BCUT2D eigenvalue weighted by molar-refractivity contribution is -0.137. The van der Waals surface area contributed by atoms with Crippen LogP contribution in [0.4, 0.5) is 19.1 Å². The standard InChI is InChI=1S/C19H22F3N5O3S/c1-12-10-13(2)24-18(23-12)26-25-17(28)14-6-8-27(9-7-14)31(29,30)16-5-3-4-15(11-16)19(20,21)22/h3-5,10-11,14H,6-9H2,1-2H3,(H,25,28)(H,23,24,26). The van der Waals surface area contributed by atoms with Gasteiger partial charge in [-0.25, -0.2) is 18.4 Å². The number of halogens is 3. The van der Waals surface area contributed by atoms with Crippen molar-refractivity contribution in [2.45, 2.75) is 37.8 Å². The quantitative estimate of drug-likeness (QED) is 0.669. The number of hydrogen-bond acceptors (Lipinski definition) is 6. The smallest absolute Gasteiger partial charge is 0.273 e. The number of piperidine rings is 1. The van der Waals surface area contributed by atoms with Crippen molar-refractivity contribution >= 4 is 21.9 Å². The number of benzene rings is 1. The van der Waals surface area contributed by atoms with Crippen LogP contribution >= 0.6 is 0 Å². The van der Waals surface area contributed by atoms with Crippen LogP contribution in [0.3, 0.4) is 0 Å². The third kappa shape index (κ3) is 5.50. The van der Waals surface area contributed by atoms with Gasteiger partial charge in [-0.2, -0.15) is 17.5 Å². The predicted octanol–water partition coefficient (Wildman–Crippen LogP) is 2.66. The molecule has 3 rings (SSSR count). The number of alkyl halides is 3. The average molecular weight is 457 g/mol. The first-order valence-corrected chi connectivity index (χ1v) is 11.0. The van der Waals surface area contributed by atoms with Crippen LogP contribution in [-0.2, 0) is 21.0 Å². The molecule has 2 heterocycles. The van der Waals surface area contributed by atoms with Gasteiger partial charge in [-0.1, -0.05) is 6.07 Å². The van der Waals surface area contributed by atoms with Crippen molar-refractivity contribution in [1.29, 1.82) is 0 Å². The molecule has 1 aliphatic rings. The number of aromatic nitrogens is 2. The number of nitrogens with zero attached hydrogens (tertiary/aromatic N) is 3. The second kappa shape index (κ2) is 8.79. The van der Waals surface area contributed by atoms with E-state index in [-0.39, 0.29) is 37.8 Å². The first-order valence-electron chi connectivity index (χ1n) is 9.52. The summed E-state index contributed by atoms with van der Waals surface area (Å²) in [5.74, 6) is -0.541. The molecule has 1 fully saturated rings. The van der Waals surface area contributed by atoms with Gasteiger partial charge in [0.25, 0.3) is 0 Å². The van der Waals surface area contributed by atoms with Crippen molar-refractivity contribution in [1.82, 2.24) is 19.7 Å². The molecule has 0 aliphatic carbocycles. The fourth-order valence-corrected chi connectivity index (χ4v) is 4.86. The first-order chi connectivity index (χ1) is 14.5. The SMILES string of the molecule is Cc1cc(C)nc(NNC(=O)C2CCN(S(=O)(=O)c3cccc(C(F)(F)F)c3)CC2)n1. The van der Waals surface area contributed by atoms with Crippen molar-refractivity contribution < 1.29 is 26.4 Å².